The van der Waals surface area contributed by atoms with Crippen molar-refractivity contribution in [2.45, 2.75) is 4.90 Å². The molecule has 0 aliphatic heterocycles. The van der Waals surface area contributed by atoms with E-state index in [-0.39, 0.29) is 35.9 Å². The number of benzene rings is 1. The molecular formula is C7H9N2NaO4S. The van der Waals surface area contributed by atoms with Gasteiger partial charge in [-0.05, 0) is 13.1 Å². The van der Waals surface area contributed by atoms with Gasteiger partial charge >= 0.3 is 29.6 Å². The minimum absolute atomic E-state index is 0. The zero-order valence-corrected chi connectivity index (χ0v) is 11.1. The van der Waals surface area contributed by atoms with Gasteiger partial charge in [-0.15, -0.1) is 0 Å². The molecule has 0 fully saturated rings. The van der Waals surface area contributed by atoms with Crippen molar-refractivity contribution < 1.29 is 44.3 Å². The maximum atomic E-state index is 11.3. The molecule has 0 aliphatic rings. The fourth-order valence-electron chi connectivity index (χ4n) is 0.945. The molecule has 0 heterocycles. The van der Waals surface area contributed by atoms with E-state index in [1.807, 2.05) is 4.72 Å². The summed E-state index contributed by atoms with van der Waals surface area (Å²) in [7, 11) is -2.57. The van der Waals surface area contributed by atoms with Gasteiger partial charge in [0.15, 0.2) is 4.90 Å². The Bertz CT molecular complexity index is 465. The van der Waals surface area contributed by atoms with E-state index < -0.39 is 20.6 Å². The second kappa shape index (κ2) is 5.57. The minimum atomic E-state index is -3.77. The van der Waals surface area contributed by atoms with Crippen molar-refractivity contribution >= 4 is 15.7 Å². The molecule has 0 aliphatic carbocycles. The Morgan fingerprint density at radius 3 is 2.40 bits per heavy atom. The number of rotatable bonds is 3. The minimum Gasteiger partial charge on any atom is -1.00 e. The number of nitrogens with one attached hydrogen (secondary N) is 1. The standard InChI is InChI=1S/C7H8N2O4S.Na.H/c1-8-14(12,13)7-5-3-2-4-6(7)9(10)11;;/h2-5,8H,1H3;;/q;+1;-1. The van der Waals surface area contributed by atoms with Crippen LogP contribution in [0.4, 0.5) is 5.69 Å². The molecule has 1 aromatic carbocycles. The number of para-hydroxylation sites is 1. The number of nitro groups is 1. The Labute approximate surface area is 111 Å². The van der Waals surface area contributed by atoms with E-state index in [1.165, 1.54) is 25.2 Å². The van der Waals surface area contributed by atoms with Gasteiger partial charge in [-0.25, -0.2) is 13.1 Å². The van der Waals surface area contributed by atoms with Gasteiger partial charge in [0.25, 0.3) is 5.69 Å². The maximum Gasteiger partial charge on any atom is 1.00 e. The summed E-state index contributed by atoms with van der Waals surface area (Å²) in [6.45, 7) is 0. The molecule has 15 heavy (non-hydrogen) atoms. The van der Waals surface area contributed by atoms with Crippen LogP contribution in [0.25, 0.3) is 0 Å². The average molecular weight is 240 g/mol. The summed E-state index contributed by atoms with van der Waals surface area (Å²) >= 11 is 0. The van der Waals surface area contributed by atoms with Crippen molar-refractivity contribution in [2.75, 3.05) is 7.05 Å². The van der Waals surface area contributed by atoms with E-state index in [2.05, 4.69) is 0 Å². The van der Waals surface area contributed by atoms with Gasteiger partial charge < -0.3 is 1.43 Å². The first kappa shape index (κ1) is 14.5. The third kappa shape index (κ3) is 3.25. The molecule has 0 saturated carbocycles. The zero-order chi connectivity index (χ0) is 10.8. The number of hydrogen-bond acceptors (Lipinski definition) is 4. The second-order valence-electron chi connectivity index (χ2n) is 2.43. The third-order valence-corrected chi connectivity index (χ3v) is 3.08. The first-order valence-corrected chi connectivity index (χ1v) is 5.14. The van der Waals surface area contributed by atoms with Crippen LogP contribution in [-0.2, 0) is 10.0 Å². The van der Waals surface area contributed by atoms with Crippen LogP contribution in [0.3, 0.4) is 0 Å². The SMILES string of the molecule is CNS(=O)(=O)c1ccccc1[N+](=O)[O-].[H-].[Na+]. The first-order valence-electron chi connectivity index (χ1n) is 3.66. The molecule has 0 saturated heterocycles. The van der Waals surface area contributed by atoms with Crippen molar-refractivity contribution in [3.05, 3.63) is 34.4 Å². The normalized spacial score (nSPS) is 10.5. The summed E-state index contributed by atoms with van der Waals surface area (Å²) in [5, 5.41) is 10.5. The van der Waals surface area contributed by atoms with Gasteiger partial charge in [-0.3, -0.25) is 10.1 Å². The third-order valence-electron chi connectivity index (χ3n) is 1.62. The van der Waals surface area contributed by atoms with Crippen LogP contribution < -0.4 is 34.3 Å². The Morgan fingerprint density at radius 2 is 1.93 bits per heavy atom. The Kier molecular flexibility index (Phi) is 5.39. The molecule has 0 atom stereocenters. The number of sulfonamides is 1. The Hall–Kier alpha value is -0.470. The molecule has 0 spiro atoms. The van der Waals surface area contributed by atoms with Crippen LogP contribution in [0.15, 0.2) is 29.2 Å². The molecule has 1 aromatic rings. The van der Waals surface area contributed by atoms with Gasteiger partial charge in [-0.1, -0.05) is 12.1 Å². The van der Waals surface area contributed by atoms with Crippen LogP contribution in [0.5, 0.6) is 0 Å². The summed E-state index contributed by atoms with van der Waals surface area (Å²) < 4.78 is 24.6. The van der Waals surface area contributed by atoms with Crippen LogP contribution in [0.2, 0.25) is 0 Å². The van der Waals surface area contributed by atoms with Crippen molar-refractivity contribution in [3.8, 4) is 0 Å². The summed E-state index contributed by atoms with van der Waals surface area (Å²) in [4.78, 5) is 9.44. The summed E-state index contributed by atoms with van der Waals surface area (Å²) in [6, 6.07) is 5.16. The molecule has 0 unspecified atom stereocenters. The number of nitro benzene ring substituents is 1. The van der Waals surface area contributed by atoms with Crippen LogP contribution in [0, 0.1) is 10.1 Å². The summed E-state index contributed by atoms with van der Waals surface area (Å²) in [6.07, 6.45) is 0. The van der Waals surface area contributed by atoms with Crippen molar-refractivity contribution in [2.24, 2.45) is 0 Å². The van der Waals surface area contributed by atoms with Gasteiger partial charge in [-0.2, -0.15) is 0 Å². The van der Waals surface area contributed by atoms with E-state index in [9.17, 15) is 18.5 Å². The predicted molar refractivity (Wildman–Crippen MR) is 50.5 cm³/mol. The van der Waals surface area contributed by atoms with E-state index in [0.29, 0.717) is 0 Å². The van der Waals surface area contributed by atoms with E-state index in [1.54, 1.807) is 0 Å². The quantitative estimate of drug-likeness (QED) is 0.363. The Balaban J connectivity index is 0. The zero-order valence-electron chi connectivity index (χ0n) is 9.30. The van der Waals surface area contributed by atoms with E-state index >= 15 is 0 Å². The molecule has 0 amide bonds. The summed E-state index contributed by atoms with van der Waals surface area (Å²) in [5.74, 6) is 0. The van der Waals surface area contributed by atoms with Crippen LogP contribution in [0.1, 0.15) is 1.43 Å². The fourth-order valence-corrected chi connectivity index (χ4v) is 1.84. The second-order valence-corrected chi connectivity index (χ2v) is 4.29. The van der Waals surface area contributed by atoms with Gasteiger partial charge in [0.05, 0.1) is 4.92 Å². The van der Waals surface area contributed by atoms with Crippen LogP contribution >= 0.6 is 0 Å². The molecule has 78 valence electrons. The number of nitrogens with zero attached hydrogens (tertiary/aromatic N) is 1. The largest absolute Gasteiger partial charge is 1.00 e. The molecule has 6 nitrogen and oxygen atoms in total. The van der Waals surface area contributed by atoms with E-state index in [0.717, 1.165) is 6.07 Å². The average Bonchev–Trinajstić information content (AvgIpc) is 2.18. The van der Waals surface area contributed by atoms with Gasteiger partial charge in [0.1, 0.15) is 0 Å². The number of hydrogen-bond donors (Lipinski definition) is 1. The molecule has 0 aromatic heterocycles. The summed E-state index contributed by atoms with van der Waals surface area (Å²) in [5.41, 5.74) is -0.429. The smallest absolute Gasteiger partial charge is 1.00 e. The topological polar surface area (TPSA) is 89.3 Å². The van der Waals surface area contributed by atoms with Crippen molar-refractivity contribution in [3.63, 3.8) is 0 Å². The van der Waals surface area contributed by atoms with Gasteiger partial charge in [0, 0.05) is 6.07 Å². The Morgan fingerprint density at radius 1 is 1.40 bits per heavy atom. The molecule has 1 rings (SSSR count). The van der Waals surface area contributed by atoms with Gasteiger partial charge in [0.2, 0.25) is 10.0 Å². The molecular weight excluding hydrogens is 231 g/mol. The molecule has 1 N–H and O–H groups in total. The molecule has 8 heteroatoms. The molecule has 0 bridgehead atoms. The monoisotopic (exact) mass is 240 g/mol. The first-order chi connectivity index (χ1) is 6.49. The molecule has 0 radical (unpaired) electrons. The van der Waals surface area contributed by atoms with Crippen LogP contribution in [-0.4, -0.2) is 20.4 Å². The predicted octanol–water partition coefficient (Wildman–Crippen LogP) is -2.38. The fraction of sp³-hybridized carbons (Fsp3) is 0.143. The van der Waals surface area contributed by atoms with Crippen molar-refractivity contribution in [1.82, 2.24) is 4.72 Å². The maximum absolute atomic E-state index is 11.3. The van der Waals surface area contributed by atoms with Crippen molar-refractivity contribution in [1.29, 1.82) is 0 Å². The van der Waals surface area contributed by atoms with E-state index in [4.69, 9.17) is 0 Å².